The largest absolute Gasteiger partial charge is 0.462 e. The Labute approximate surface area is 115 Å². The number of esters is 1. The summed E-state index contributed by atoms with van der Waals surface area (Å²) in [7, 11) is 0. The summed E-state index contributed by atoms with van der Waals surface area (Å²) >= 11 is 1.58. The van der Waals surface area contributed by atoms with E-state index in [0.29, 0.717) is 6.07 Å². The highest BCUT2D eigenvalue weighted by molar-refractivity contribution is 14.1. The molecule has 1 rings (SSSR count). The van der Waals surface area contributed by atoms with Crippen molar-refractivity contribution in [2.45, 2.75) is 13.1 Å². The molecule has 0 atom stereocenters. The summed E-state index contributed by atoms with van der Waals surface area (Å²) < 4.78 is 42.5. The quantitative estimate of drug-likeness (QED) is 0.594. The summed E-state index contributed by atoms with van der Waals surface area (Å²) in [5.74, 6) is -0.932. The van der Waals surface area contributed by atoms with Gasteiger partial charge in [0.1, 0.15) is 6.07 Å². The van der Waals surface area contributed by atoms with Gasteiger partial charge in [-0.2, -0.15) is 18.4 Å². The van der Waals surface area contributed by atoms with E-state index in [1.165, 1.54) is 6.92 Å². The number of hydrogen-bond donors (Lipinski definition) is 0. The SMILES string of the molecule is CCOC(=O)c1cc(C(F)(F)F)cc(I)c1C#N. The number of ether oxygens (including phenoxy) is 1. The number of halogens is 4. The van der Waals surface area contributed by atoms with E-state index in [1.807, 2.05) is 0 Å². The molecule has 1 aromatic rings. The molecule has 0 fully saturated rings. The monoisotopic (exact) mass is 369 g/mol. The van der Waals surface area contributed by atoms with Crippen molar-refractivity contribution >= 4 is 28.6 Å². The van der Waals surface area contributed by atoms with Crippen LogP contribution in [0.2, 0.25) is 0 Å². The Bertz CT molecular complexity index is 520. The summed E-state index contributed by atoms with van der Waals surface area (Å²) in [5.41, 5.74) is -1.45. The van der Waals surface area contributed by atoms with E-state index in [-0.39, 0.29) is 21.3 Å². The fraction of sp³-hybridized carbons (Fsp3) is 0.273. The van der Waals surface area contributed by atoms with Crippen molar-refractivity contribution in [3.05, 3.63) is 32.4 Å². The molecular formula is C11H7F3INO2. The lowest BCUT2D eigenvalue weighted by molar-refractivity contribution is -0.137. The molecule has 0 N–H and O–H groups in total. The Hall–Kier alpha value is -1.30. The van der Waals surface area contributed by atoms with Gasteiger partial charge in [-0.15, -0.1) is 0 Å². The smallest absolute Gasteiger partial charge is 0.416 e. The first-order valence-electron chi connectivity index (χ1n) is 4.79. The van der Waals surface area contributed by atoms with E-state index < -0.39 is 17.7 Å². The molecule has 7 heteroatoms. The predicted molar refractivity (Wildman–Crippen MR) is 64.8 cm³/mol. The second-order valence-corrected chi connectivity index (χ2v) is 4.37. The molecule has 1 aromatic carbocycles. The third-order valence-corrected chi connectivity index (χ3v) is 2.88. The molecule has 0 aliphatic rings. The first kappa shape index (κ1) is 14.8. The van der Waals surface area contributed by atoms with E-state index >= 15 is 0 Å². The molecule has 0 saturated carbocycles. The molecule has 0 unspecified atom stereocenters. The van der Waals surface area contributed by atoms with Crippen molar-refractivity contribution in [1.29, 1.82) is 5.26 Å². The van der Waals surface area contributed by atoms with Crippen LogP contribution in [-0.2, 0) is 10.9 Å². The van der Waals surface area contributed by atoms with Crippen LogP contribution in [0, 0.1) is 14.9 Å². The minimum Gasteiger partial charge on any atom is -0.462 e. The third-order valence-electron chi connectivity index (χ3n) is 2.02. The summed E-state index contributed by atoms with van der Waals surface area (Å²) in [5, 5.41) is 8.87. The molecule has 0 bridgehead atoms. The van der Waals surface area contributed by atoms with E-state index in [4.69, 9.17) is 5.26 Å². The molecule has 0 aliphatic heterocycles. The predicted octanol–water partition coefficient (Wildman–Crippen LogP) is 3.36. The van der Waals surface area contributed by atoms with Gasteiger partial charge in [0.05, 0.1) is 23.3 Å². The van der Waals surface area contributed by atoms with Crippen LogP contribution in [0.3, 0.4) is 0 Å². The van der Waals surface area contributed by atoms with Gasteiger partial charge in [-0.1, -0.05) is 0 Å². The lowest BCUT2D eigenvalue weighted by atomic mass is 10.0. The van der Waals surface area contributed by atoms with Gasteiger partial charge in [0, 0.05) is 3.57 Å². The first-order valence-corrected chi connectivity index (χ1v) is 5.87. The van der Waals surface area contributed by atoms with Crippen molar-refractivity contribution < 1.29 is 22.7 Å². The highest BCUT2D eigenvalue weighted by Crippen LogP contribution is 2.32. The molecule has 0 aliphatic carbocycles. The standard InChI is InChI=1S/C11H7F3INO2/c1-2-18-10(17)7-3-6(11(12,13)14)4-9(15)8(7)5-16/h3-4H,2H2,1H3. The lowest BCUT2D eigenvalue weighted by Gasteiger charge is -2.11. The summed E-state index contributed by atoms with van der Waals surface area (Å²) in [4.78, 5) is 11.5. The molecule has 0 spiro atoms. The summed E-state index contributed by atoms with van der Waals surface area (Å²) in [6, 6.07) is 3.17. The van der Waals surface area contributed by atoms with Gasteiger partial charge in [-0.05, 0) is 41.6 Å². The van der Waals surface area contributed by atoms with Gasteiger partial charge in [-0.25, -0.2) is 4.79 Å². The van der Waals surface area contributed by atoms with Crippen LogP contribution in [0.4, 0.5) is 13.2 Å². The number of rotatable bonds is 2. The number of nitrogens with zero attached hydrogens (tertiary/aromatic N) is 1. The zero-order valence-corrected chi connectivity index (χ0v) is 11.3. The van der Waals surface area contributed by atoms with Gasteiger partial charge < -0.3 is 4.74 Å². The van der Waals surface area contributed by atoms with Crippen LogP contribution in [0.25, 0.3) is 0 Å². The highest BCUT2D eigenvalue weighted by Gasteiger charge is 2.33. The Morgan fingerprint density at radius 3 is 2.56 bits per heavy atom. The van der Waals surface area contributed by atoms with Crippen LogP contribution in [0.1, 0.15) is 28.4 Å². The van der Waals surface area contributed by atoms with Crippen molar-refractivity contribution in [2.24, 2.45) is 0 Å². The third kappa shape index (κ3) is 3.13. The average molecular weight is 369 g/mol. The second kappa shape index (κ2) is 5.56. The normalized spacial score (nSPS) is 10.9. The zero-order chi connectivity index (χ0) is 13.9. The van der Waals surface area contributed by atoms with E-state index in [1.54, 1.807) is 28.7 Å². The average Bonchev–Trinajstić information content (AvgIpc) is 2.27. The number of alkyl halides is 3. The Morgan fingerprint density at radius 2 is 2.11 bits per heavy atom. The number of carbonyl (C=O) groups is 1. The van der Waals surface area contributed by atoms with Crippen molar-refractivity contribution in [3.63, 3.8) is 0 Å². The van der Waals surface area contributed by atoms with Crippen molar-refractivity contribution in [2.75, 3.05) is 6.61 Å². The van der Waals surface area contributed by atoms with E-state index in [2.05, 4.69) is 4.74 Å². The maximum absolute atomic E-state index is 12.6. The molecular weight excluding hydrogens is 362 g/mol. The van der Waals surface area contributed by atoms with E-state index in [0.717, 1.165) is 6.07 Å². The minimum atomic E-state index is -4.57. The van der Waals surface area contributed by atoms with Gasteiger partial charge in [0.25, 0.3) is 0 Å². The Balaban J connectivity index is 3.43. The molecule has 0 heterocycles. The highest BCUT2D eigenvalue weighted by atomic mass is 127. The van der Waals surface area contributed by atoms with Gasteiger partial charge in [0.2, 0.25) is 0 Å². The summed E-state index contributed by atoms with van der Waals surface area (Å²) in [6.45, 7) is 1.55. The minimum absolute atomic E-state index is 0.0243. The first-order chi connectivity index (χ1) is 8.31. The molecule has 0 saturated heterocycles. The Morgan fingerprint density at radius 1 is 1.50 bits per heavy atom. The fourth-order valence-electron chi connectivity index (χ4n) is 1.25. The fourth-order valence-corrected chi connectivity index (χ4v) is 2.00. The van der Waals surface area contributed by atoms with Gasteiger partial charge >= 0.3 is 12.1 Å². The van der Waals surface area contributed by atoms with Crippen LogP contribution in [-0.4, -0.2) is 12.6 Å². The number of nitriles is 1. The van der Waals surface area contributed by atoms with E-state index in [9.17, 15) is 18.0 Å². The number of benzene rings is 1. The van der Waals surface area contributed by atoms with Crippen LogP contribution >= 0.6 is 22.6 Å². The maximum Gasteiger partial charge on any atom is 0.416 e. The molecule has 96 valence electrons. The number of hydrogen-bond acceptors (Lipinski definition) is 3. The van der Waals surface area contributed by atoms with Crippen LogP contribution in [0.15, 0.2) is 12.1 Å². The Kier molecular flexibility index (Phi) is 4.56. The number of carbonyl (C=O) groups excluding carboxylic acids is 1. The molecule has 3 nitrogen and oxygen atoms in total. The van der Waals surface area contributed by atoms with Crippen LogP contribution in [0.5, 0.6) is 0 Å². The van der Waals surface area contributed by atoms with Gasteiger partial charge in [0.15, 0.2) is 0 Å². The second-order valence-electron chi connectivity index (χ2n) is 3.21. The van der Waals surface area contributed by atoms with Crippen molar-refractivity contribution in [3.8, 4) is 6.07 Å². The van der Waals surface area contributed by atoms with Crippen LogP contribution < -0.4 is 0 Å². The lowest BCUT2D eigenvalue weighted by Crippen LogP contribution is -2.13. The maximum atomic E-state index is 12.6. The molecule has 0 aromatic heterocycles. The molecule has 0 radical (unpaired) electrons. The summed E-state index contributed by atoms with van der Waals surface area (Å²) in [6.07, 6.45) is -4.57. The van der Waals surface area contributed by atoms with Gasteiger partial charge in [-0.3, -0.25) is 0 Å². The zero-order valence-electron chi connectivity index (χ0n) is 9.14. The topological polar surface area (TPSA) is 50.1 Å². The molecule has 18 heavy (non-hydrogen) atoms. The van der Waals surface area contributed by atoms with Crippen molar-refractivity contribution in [1.82, 2.24) is 0 Å². The molecule has 0 amide bonds.